The van der Waals surface area contributed by atoms with Gasteiger partial charge < -0.3 is 29.3 Å². The van der Waals surface area contributed by atoms with Crippen LogP contribution in [0.25, 0.3) is 0 Å². The van der Waals surface area contributed by atoms with Crippen molar-refractivity contribution >= 4 is 23.9 Å². The molecule has 0 rings (SSSR count). The number of unbranched alkanes of at least 4 members (excludes halogenated alkanes) is 24. The minimum absolute atomic E-state index is 0. The SMILES string of the molecule is CCCCCCCCCCCCCCC=COC(=O)CCC(=O)[O-].CCCCCCCCCCCCCCC=COC(=O)CCC(=O)[O-].[Na+].[Na+]. The van der Waals surface area contributed by atoms with E-state index in [0.29, 0.717) is 0 Å². The molecule has 0 bridgehead atoms. The molecule has 0 N–H and O–H groups in total. The fraction of sp³-hybridized carbons (Fsp3) is 0.800. The standard InChI is InChI=1S/2C20H36O4.2Na/c2*1-2-3-4-5-6-7-8-9-10-11-12-13-14-15-18-24-20(23)17-16-19(21)22;;/h2*15,18H,2-14,16-17H2,1H3,(H,21,22);;/q;;2*+1/p-2. The van der Waals surface area contributed by atoms with E-state index in [-0.39, 0.29) is 84.8 Å². The predicted molar refractivity (Wildman–Crippen MR) is 190 cm³/mol. The van der Waals surface area contributed by atoms with Crippen LogP contribution in [-0.4, -0.2) is 23.9 Å². The summed E-state index contributed by atoms with van der Waals surface area (Å²) in [5.41, 5.74) is 0. The molecule has 0 aromatic heterocycles. The van der Waals surface area contributed by atoms with Gasteiger partial charge in [-0.25, -0.2) is 0 Å². The van der Waals surface area contributed by atoms with E-state index in [9.17, 15) is 29.4 Å². The van der Waals surface area contributed by atoms with Crippen LogP contribution < -0.4 is 69.3 Å². The first-order valence-corrected chi connectivity index (χ1v) is 19.4. The third kappa shape index (κ3) is 54.1. The van der Waals surface area contributed by atoms with Crippen molar-refractivity contribution in [2.45, 2.75) is 206 Å². The van der Waals surface area contributed by atoms with Gasteiger partial charge in [0.1, 0.15) is 0 Å². The molecule has 0 aromatic carbocycles. The van der Waals surface area contributed by atoms with Gasteiger partial charge in [0.25, 0.3) is 0 Å². The number of hydrogen-bond acceptors (Lipinski definition) is 8. The average Bonchev–Trinajstić information content (AvgIpc) is 3.06. The van der Waals surface area contributed by atoms with Crippen LogP contribution in [0.15, 0.2) is 24.7 Å². The Hall–Kier alpha value is -0.640. The van der Waals surface area contributed by atoms with E-state index < -0.39 is 23.9 Å². The minimum atomic E-state index is -1.23. The van der Waals surface area contributed by atoms with Crippen LogP contribution in [0.3, 0.4) is 0 Å². The Morgan fingerprint density at radius 3 is 0.880 bits per heavy atom. The molecule has 0 aromatic rings. The van der Waals surface area contributed by atoms with Gasteiger partial charge in [0.05, 0.1) is 25.4 Å². The zero-order chi connectivity index (χ0) is 35.8. The van der Waals surface area contributed by atoms with Crippen molar-refractivity contribution < 1.29 is 98.0 Å². The largest absolute Gasteiger partial charge is 1.00 e. The van der Waals surface area contributed by atoms with Gasteiger partial charge in [-0.3, -0.25) is 9.59 Å². The molecule has 0 unspecified atom stereocenters. The summed E-state index contributed by atoms with van der Waals surface area (Å²) in [5, 5.41) is 20.4. The molecule has 50 heavy (non-hydrogen) atoms. The van der Waals surface area contributed by atoms with E-state index in [0.717, 1.165) is 25.7 Å². The number of carbonyl (C=O) groups is 4. The number of hydrogen-bond donors (Lipinski definition) is 0. The molecule has 0 aliphatic carbocycles. The Balaban J connectivity index is -0.000000407. The first-order valence-electron chi connectivity index (χ1n) is 19.4. The Morgan fingerprint density at radius 2 is 0.640 bits per heavy atom. The topological polar surface area (TPSA) is 133 Å². The van der Waals surface area contributed by atoms with Crippen LogP contribution in [0.1, 0.15) is 206 Å². The van der Waals surface area contributed by atoms with Gasteiger partial charge in [-0.05, 0) is 50.7 Å². The van der Waals surface area contributed by atoms with E-state index in [1.165, 1.54) is 154 Å². The Morgan fingerprint density at radius 1 is 0.400 bits per heavy atom. The van der Waals surface area contributed by atoms with Crippen molar-refractivity contribution in [1.29, 1.82) is 0 Å². The van der Waals surface area contributed by atoms with Crippen molar-refractivity contribution in [1.82, 2.24) is 0 Å². The summed E-state index contributed by atoms with van der Waals surface area (Å²) in [5.74, 6) is -3.50. The molecule has 0 radical (unpaired) electrons. The van der Waals surface area contributed by atoms with Gasteiger partial charge in [0.15, 0.2) is 0 Å². The number of carboxylic acid groups (broad SMARTS) is 2. The maximum Gasteiger partial charge on any atom is 1.00 e. The molecule has 0 spiro atoms. The molecule has 0 saturated heterocycles. The van der Waals surface area contributed by atoms with E-state index in [1.807, 2.05) is 12.2 Å². The summed E-state index contributed by atoms with van der Waals surface area (Å²) in [4.78, 5) is 42.6. The number of carboxylic acids is 2. The molecule has 0 heterocycles. The van der Waals surface area contributed by atoms with Gasteiger partial charge in [0.2, 0.25) is 0 Å². The second-order valence-corrected chi connectivity index (χ2v) is 12.8. The molecule has 0 aliphatic rings. The van der Waals surface area contributed by atoms with Crippen molar-refractivity contribution in [3.8, 4) is 0 Å². The zero-order valence-electron chi connectivity index (χ0n) is 32.8. The van der Waals surface area contributed by atoms with E-state index >= 15 is 0 Å². The van der Waals surface area contributed by atoms with Crippen LogP contribution >= 0.6 is 0 Å². The number of aliphatic carboxylic acids is 2. The minimum Gasteiger partial charge on any atom is -0.550 e. The predicted octanol–water partition coefficient (Wildman–Crippen LogP) is 3.34. The van der Waals surface area contributed by atoms with Gasteiger partial charge in [-0.15, -0.1) is 0 Å². The van der Waals surface area contributed by atoms with Gasteiger partial charge in [-0.2, -0.15) is 0 Å². The molecule has 0 aliphatic heterocycles. The molecule has 0 fully saturated rings. The number of ether oxygens (including phenoxy) is 2. The summed E-state index contributed by atoms with van der Waals surface area (Å²) in [6.07, 6.45) is 39.1. The summed E-state index contributed by atoms with van der Waals surface area (Å²) in [6, 6.07) is 0. The van der Waals surface area contributed by atoms with E-state index in [1.54, 1.807) is 0 Å². The summed E-state index contributed by atoms with van der Waals surface area (Å²) in [7, 11) is 0. The molecule has 280 valence electrons. The van der Waals surface area contributed by atoms with Crippen LogP contribution in [0.4, 0.5) is 0 Å². The first kappa shape index (κ1) is 56.1. The van der Waals surface area contributed by atoms with Crippen molar-refractivity contribution in [2.24, 2.45) is 0 Å². The molecule has 10 heteroatoms. The first-order chi connectivity index (χ1) is 23.3. The van der Waals surface area contributed by atoms with Crippen molar-refractivity contribution in [3.05, 3.63) is 24.7 Å². The van der Waals surface area contributed by atoms with Crippen LogP contribution in [-0.2, 0) is 28.7 Å². The van der Waals surface area contributed by atoms with Gasteiger partial charge >= 0.3 is 71.1 Å². The second-order valence-electron chi connectivity index (χ2n) is 12.8. The number of carbonyl (C=O) groups excluding carboxylic acids is 4. The Labute approximate surface area is 350 Å². The molecule has 8 nitrogen and oxygen atoms in total. The maximum absolute atomic E-state index is 11.1. The Bertz CT molecular complexity index is 751. The van der Waals surface area contributed by atoms with Gasteiger partial charge in [0, 0.05) is 11.9 Å². The summed E-state index contributed by atoms with van der Waals surface area (Å²) < 4.78 is 9.58. The smallest absolute Gasteiger partial charge is 0.550 e. The monoisotopic (exact) mass is 724 g/mol. The van der Waals surface area contributed by atoms with Crippen molar-refractivity contribution in [3.63, 3.8) is 0 Å². The van der Waals surface area contributed by atoms with Crippen LogP contribution in [0, 0.1) is 0 Å². The molecular weight excluding hydrogens is 654 g/mol. The molecule has 0 atom stereocenters. The fourth-order valence-electron chi connectivity index (χ4n) is 5.12. The van der Waals surface area contributed by atoms with Crippen LogP contribution in [0.5, 0.6) is 0 Å². The van der Waals surface area contributed by atoms with Crippen molar-refractivity contribution in [2.75, 3.05) is 0 Å². The summed E-state index contributed by atoms with van der Waals surface area (Å²) >= 11 is 0. The fourth-order valence-corrected chi connectivity index (χ4v) is 5.12. The third-order valence-electron chi connectivity index (χ3n) is 8.11. The quantitative estimate of drug-likeness (QED) is 0.0428. The van der Waals surface area contributed by atoms with E-state index in [4.69, 9.17) is 9.47 Å². The molecule has 0 saturated carbocycles. The van der Waals surface area contributed by atoms with Gasteiger partial charge in [-0.1, -0.05) is 155 Å². The Kier molecular flexibility index (Phi) is 54.3. The average molecular weight is 725 g/mol. The second kappa shape index (κ2) is 48.4. The zero-order valence-corrected chi connectivity index (χ0v) is 36.8. The van der Waals surface area contributed by atoms with Crippen LogP contribution in [0.2, 0.25) is 0 Å². The number of allylic oxidation sites excluding steroid dienone is 2. The normalized spacial score (nSPS) is 10.6. The summed E-state index contributed by atoms with van der Waals surface area (Å²) in [6.45, 7) is 4.51. The third-order valence-corrected chi connectivity index (χ3v) is 8.11. The number of rotatable bonds is 34. The number of esters is 2. The maximum atomic E-state index is 11.1. The molecular formula is C40H70Na2O8. The van der Waals surface area contributed by atoms with E-state index in [2.05, 4.69) is 13.8 Å². The molecule has 0 amide bonds.